The minimum absolute atomic E-state index is 0.125. The molecule has 0 aliphatic heterocycles. The predicted molar refractivity (Wildman–Crippen MR) is 98.0 cm³/mol. The molecule has 0 aromatic heterocycles. The van der Waals surface area contributed by atoms with Crippen molar-refractivity contribution >= 4 is 22.8 Å². The van der Waals surface area contributed by atoms with Gasteiger partial charge in [-0.2, -0.15) is 0 Å². The zero-order valence-corrected chi connectivity index (χ0v) is 15.1. The van der Waals surface area contributed by atoms with Crippen LogP contribution in [0.25, 0.3) is 16.8 Å². The molecule has 2 aromatic rings. The molecule has 25 heavy (non-hydrogen) atoms. The third kappa shape index (κ3) is 4.31. The van der Waals surface area contributed by atoms with E-state index in [0.717, 1.165) is 28.3 Å². The topological polar surface area (TPSA) is 54.0 Å². The van der Waals surface area contributed by atoms with Gasteiger partial charge in [-0.3, -0.25) is 0 Å². The Morgan fingerprint density at radius 3 is 2.64 bits per heavy atom. The van der Waals surface area contributed by atoms with Crippen molar-refractivity contribution in [3.8, 4) is 11.5 Å². The number of hydrogen-bond acceptors (Lipinski definition) is 5. The molecule has 0 saturated carbocycles. The van der Waals surface area contributed by atoms with Gasteiger partial charge in [0.1, 0.15) is 0 Å². The predicted octanol–water partition coefficient (Wildman–Crippen LogP) is 3.97. The Balaban J connectivity index is 2.66. The van der Waals surface area contributed by atoms with Gasteiger partial charge < -0.3 is 18.9 Å². The van der Waals surface area contributed by atoms with Crippen molar-refractivity contribution in [2.45, 2.75) is 20.3 Å². The molecule has 2 aromatic carbocycles. The van der Waals surface area contributed by atoms with E-state index in [1.165, 1.54) is 6.08 Å². The summed E-state index contributed by atoms with van der Waals surface area (Å²) < 4.78 is 21.2. The zero-order valence-electron chi connectivity index (χ0n) is 15.1. The monoisotopic (exact) mass is 344 g/mol. The summed E-state index contributed by atoms with van der Waals surface area (Å²) in [6.45, 7) is 4.34. The Bertz CT molecular complexity index is 764. The molecule has 134 valence electrons. The summed E-state index contributed by atoms with van der Waals surface area (Å²) in [7, 11) is 3.16. The maximum Gasteiger partial charge on any atom is 0.330 e. The molecule has 0 heterocycles. The van der Waals surface area contributed by atoms with Gasteiger partial charge in [-0.25, -0.2) is 4.79 Å². The van der Waals surface area contributed by atoms with Crippen molar-refractivity contribution < 1.29 is 23.7 Å². The minimum atomic E-state index is -0.372. The highest BCUT2D eigenvalue weighted by molar-refractivity contribution is 6.01. The summed E-state index contributed by atoms with van der Waals surface area (Å²) in [5, 5.41) is 1.94. The van der Waals surface area contributed by atoms with E-state index in [-0.39, 0.29) is 12.8 Å². The molecule has 0 atom stereocenters. The van der Waals surface area contributed by atoms with E-state index in [4.69, 9.17) is 18.9 Å². The molecular formula is C20H24O5. The van der Waals surface area contributed by atoms with Crippen LogP contribution in [-0.4, -0.2) is 33.6 Å². The van der Waals surface area contributed by atoms with Crippen molar-refractivity contribution in [2.24, 2.45) is 0 Å². The molecule has 0 amide bonds. The van der Waals surface area contributed by atoms with Crippen molar-refractivity contribution in [3.63, 3.8) is 0 Å². The van der Waals surface area contributed by atoms with Crippen LogP contribution < -0.4 is 9.47 Å². The number of carbonyl (C=O) groups is 1. The quantitative estimate of drug-likeness (QED) is 0.412. The van der Waals surface area contributed by atoms with Gasteiger partial charge in [-0.15, -0.1) is 0 Å². The van der Waals surface area contributed by atoms with Crippen LogP contribution in [0.5, 0.6) is 11.5 Å². The number of fused-ring (bicyclic) bond motifs is 1. The molecule has 0 saturated heterocycles. The first-order chi connectivity index (χ1) is 12.2. The number of ether oxygens (including phenoxy) is 4. The first kappa shape index (κ1) is 18.8. The fourth-order valence-corrected chi connectivity index (χ4v) is 2.73. The fraction of sp³-hybridized carbons (Fsp3) is 0.350. The second-order valence-corrected chi connectivity index (χ2v) is 5.33. The SMILES string of the molecule is CCOC(=O)/C=C/c1cc(OC)c(OCOC)c2cccc(CC)c12. The van der Waals surface area contributed by atoms with Gasteiger partial charge in [0.05, 0.1) is 13.7 Å². The van der Waals surface area contributed by atoms with Crippen LogP contribution in [0.4, 0.5) is 0 Å². The Labute approximate surface area is 148 Å². The average molecular weight is 344 g/mol. The molecule has 0 spiro atoms. The van der Waals surface area contributed by atoms with Crippen LogP contribution in [-0.2, 0) is 20.7 Å². The summed E-state index contributed by atoms with van der Waals surface area (Å²) in [4.78, 5) is 11.7. The van der Waals surface area contributed by atoms with Crippen LogP contribution in [0.1, 0.15) is 25.0 Å². The molecule has 0 aliphatic carbocycles. The molecule has 0 unspecified atom stereocenters. The number of benzene rings is 2. The summed E-state index contributed by atoms with van der Waals surface area (Å²) >= 11 is 0. The Morgan fingerprint density at radius 2 is 2.00 bits per heavy atom. The van der Waals surface area contributed by atoms with Gasteiger partial charge in [0.15, 0.2) is 18.3 Å². The number of aryl methyl sites for hydroxylation is 1. The van der Waals surface area contributed by atoms with E-state index in [9.17, 15) is 4.79 Å². The molecule has 0 N–H and O–H groups in total. The average Bonchev–Trinajstić information content (AvgIpc) is 2.64. The summed E-state index contributed by atoms with van der Waals surface area (Å²) in [5.74, 6) is 0.840. The third-order valence-electron chi connectivity index (χ3n) is 3.80. The molecule has 5 heteroatoms. The van der Waals surface area contributed by atoms with E-state index in [2.05, 4.69) is 13.0 Å². The van der Waals surface area contributed by atoms with Gasteiger partial charge in [0, 0.05) is 18.6 Å². The fourth-order valence-electron chi connectivity index (χ4n) is 2.73. The minimum Gasteiger partial charge on any atom is -0.493 e. The van der Waals surface area contributed by atoms with Crippen molar-refractivity contribution in [2.75, 3.05) is 27.6 Å². The maximum absolute atomic E-state index is 11.7. The lowest BCUT2D eigenvalue weighted by Gasteiger charge is -2.17. The summed E-state index contributed by atoms with van der Waals surface area (Å²) in [5.41, 5.74) is 2.04. The normalized spacial score (nSPS) is 11.0. The first-order valence-electron chi connectivity index (χ1n) is 8.25. The highest BCUT2D eigenvalue weighted by Crippen LogP contribution is 2.40. The zero-order chi connectivity index (χ0) is 18.2. The highest BCUT2D eigenvalue weighted by atomic mass is 16.7. The largest absolute Gasteiger partial charge is 0.493 e. The van der Waals surface area contributed by atoms with Gasteiger partial charge in [0.25, 0.3) is 0 Å². The lowest BCUT2D eigenvalue weighted by atomic mass is 9.96. The second-order valence-electron chi connectivity index (χ2n) is 5.33. The molecule has 0 fully saturated rings. The van der Waals surface area contributed by atoms with E-state index in [1.807, 2.05) is 18.2 Å². The van der Waals surface area contributed by atoms with Gasteiger partial charge in [0.2, 0.25) is 0 Å². The molecule has 0 bridgehead atoms. The summed E-state index contributed by atoms with van der Waals surface area (Å²) in [6, 6.07) is 7.89. The van der Waals surface area contributed by atoms with E-state index < -0.39 is 0 Å². The van der Waals surface area contributed by atoms with E-state index in [1.54, 1.807) is 27.2 Å². The lowest BCUT2D eigenvalue weighted by Crippen LogP contribution is -2.03. The maximum atomic E-state index is 11.7. The number of carbonyl (C=O) groups excluding carboxylic acids is 1. The van der Waals surface area contributed by atoms with Gasteiger partial charge in [-0.05, 0) is 42.0 Å². The van der Waals surface area contributed by atoms with E-state index >= 15 is 0 Å². The van der Waals surface area contributed by atoms with Crippen LogP contribution in [0, 0.1) is 0 Å². The first-order valence-corrected chi connectivity index (χ1v) is 8.25. The van der Waals surface area contributed by atoms with E-state index in [0.29, 0.717) is 18.1 Å². The summed E-state index contributed by atoms with van der Waals surface area (Å²) in [6.07, 6.45) is 4.04. The van der Waals surface area contributed by atoms with Gasteiger partial charge >= 0.3 is 5.97 Å². The van der Waals surface area contributed by atoms with Crippen molar-refractivity contribution in [1.82, 2.24) is 0 Å². The van der Waals surface area contributed by atoms with Crippen LogP contribution >= 0.6 is 0 Å². The second kappa shape index (κ2) is 9.08. The molecule has 2 rings (SSSR count). The lowest BCUT2D eigenvalue weighted by molar-refractivity contribution is -0.137. The number of esters is 1. The molecule has 0 aliphatic rings. The number of methoxy groups -OCH3 is 2. The molecule has 5 nitrogen and oxygen atoms in total. The van der Waals surface area contributed by atoms with Crippen LogP contribution in [0.15, 0.2) is 30.3 Å². The Kier molecular flexibility index (Phi) is 6.83. The smallest absolute Gasteiger partial charge is 0.330 e. The van der Waals surface area contributed by atoms with Crippen LogP contribution in [0.2, 0.25) is 0 Å². The van der Waals surface area contributed by atoms with Crippen molar-refractivity contribution in [1.29, 1.82) is 0 Å². The van der Waals surface area contributed by atoms with Crippen LogP contribution in [0.3, 0.4) is 0 Å². The molecule has 0 radical (unpaired) electrons. The Hall–Kier alpha value is -2.53. The number of hydrogen-bond donors (Lipinski definition) is 0. The van der Waals surface area contributed by atoms with Crippen molar-refractivity contribution in [3.05, 3.63) is 41.5 Å². The Morgan fingerprint density at radius 1 is 1.20 bits per heavy atom. The molecular weight excluding hydrogens is 320 g/mol. The number of rotatable bonds is 8. The highest BCUT2D eigenvalue weighted by Gasteiger charge is 2.15. The standard InChI is InChI=1S/C20H24O5/c1-5-14-8-7-9-16-19(14)15(10-11-18(21)24-6-2)12-17(23-4)20(16)25-13-22-3/h7-12H,5-6,13H2,1-4H3/b11-10+. The van der Waals surface area contributed by atoms with Gasteiger partial charge in [-0.1, -0.05) is 25.1 Å². The third-order valence-corrected chi connectivity index (χ3v) is 3.80.